The van der Waals surface area contributed by atoms with Crippen molar-refractivity contribution < 1.29 is 4.79 Å². The van der Waals surface area contributed by atoms with Gasteiger partial charge in [-0.15, -0.1) is 0 Å². The monoisotopic (exact) mass is 337 g/mol. The van der Waals surface area contributed by atoms with E-state index in [-0.39, 0.29) is 23.7 Å². The summed E-state index contributed by atoms with van der Waals surface area (Å²) in [6.07, 6.45) is 10.4. The number of Topliss-reactive ketones (excluding diaryl/α,β-unsaturated/α-hetero) is 1. The molecule has 0 heterocycles. The van der Waals surface area contributed by atoms with Crippen LogP contribution in [0.5, 0.6) is 0 Å². The van der Waals surface area contributed by atoms with Crippen LogP contribution in [0, 0.1) is 11.8 Å². The predicted octanol–water partition coefficient (Wildman–Crippen LogP) is 5.23. The van der Waals surface area contributed by atoms with Crippen molar-refractivity contribution in [2.45, 2.75) is 52.5 Å². The van der Waals surface area contributed by atoms with Crippen LogP contribution in [0.4, 0.5) is 0 Å². The summed E-state index contributed by atoms with van der Waals surface area (Å²) in [6.45, 7) is 10.3. The van der Waals surface area contributed by atoms with Gasteiger partial charge in [-0.05, 0) is 42.7 Å². The molecule has 2 atom stereocenters. The van der Waals surface area contributed by atoms with Crippen molar-refractivity contribution >= 4 is 5.78 Å². The normalized spacial score (nSPS) is 16.2. The molecule has 134 valence electrons. The highest BCUT2D eigenvalue weighted by Gasteiger charge is 2.23. The van der Waals surface area contributed by atoms with Gasteiger partial charge in [0.1, 0.15) is 0 Å². The summed E-state index contributed by atoms with van der Waals surface area (Å²) in [5.41, 5.74) is 3.49. The second kappa shape index (κ2) is 9.41. The molecule has 25 heavy (non-hydrogen) atoms. The first-order valence-corrected chi connectivity index (χ1v) is 9.36. The molecule has 0 spiro atoms. The summed E-state index contributed by atoms with van der Waals surface area (Å²) < 4.78 is 0. The Morgan fingerprint density at radius 1 is 1.12 bits per heavy atom. The Bertz CT molecular complexity index is 639. The van der Waals surface area contributed by atoms with Crippen molar-refractivity contribution in [2.75, 3.05) is 0 Å². The molecule has 1 N–H and O–H groups in total. The van der Waals surface area contributed by atoms with Gasteiger partial charge in [0.15, 0.2) is 5.78 Å². The van der Waals surface area contributed by atoms with Gasteiger partial charge in [0.2, 0.25) is 0 Å². The molecule has 2 nitrogen and oxygen atoms in total. The molecule has 1 aliphatic carbocycles. The quantitative estimate of drug-likeness (QED) is 0.668. The summed E-state index contributed by atoms with van der Waals surface area (Å²) in [5.74, 6) is 0.552. The van der Waals surface area contributed by atoms with Gasteiger partial charge in [-0.2, -0.15) is 0 Å². The van der Waals surface area contributed by atoms with Crippen LogP contribution < -0.4 is 5.32 Å². The van der Waals surface area contributed by atoms with E-state index in [9.17, 15) is 4.79 Å². The van der Waals surface area contributed by atoms with E-state index in [0.717, 1.165) is 31.4 Å². The Kier molecular flexibility index (Phi) is 7.24. The highest BCUT2D eigenvalue weighted by Crippen LogP contribution is 2.20. The summed E-state index contributed by atoms with van der Waals surface area (Å²) in [5, 5.41) is 3.45. The molecule has 0 fully saturated rings. The Morgan fingerprint density at radius 2 is 1.84 bits per heavy atom. The minimum absolute atomic E-state index is 0.0166. The maximum absolute atomic E-state index is 12.7. The van der Waals surface area contributed by atoms with Crippen LogP contribution in [0.25, 0.3) is 0 Å². The topological polar surface area (TPSA) is 29.1 Å². The molecule has 2 heteroatoms. The lowest BCUT2D eigenvalue weighted by atomic mass is 9.91. The SMILES string of the molecule is C=C(NC(CC1=CCCC=C1)C(=O)C(C)C)C(C)Cc1ccccc1. The van der Waals surface area contributed by atoms with E-state index in [4.69, 9.17) is 0 Å². The first-order valence-electron chi connectivity index (χ1n) is 9.36. The molecule has 2 rings (SSSR count). The van der Waals surface area contributed by atoms with Crippen LogP contribution in [0.15, 0.2) is 66.4 Å². The van der Waals surface area contributed by atoms with Crippen molar-refractivity contribution in [3.63, 3.8) is 0 Å². The fourth-order valence-corrected chi connectivity index (χ4v) is 3.14. The van der Waals surface area contributed by atoms with Gasteiger partial charge < -0.3 is 5.32 Å². The van der Waals surface area contributed by atoms with E-state index >= 15 is 0 Å². The van der Waals surface area contributed by atoms with Gasteiger partial charge in [0.05, 0.1) is 6.04 Å². The van der Waals surface area contributed by atoms with E-state index in [2.05, 4.69) is 61.3 Å². The van der Waals surface area contributed by atoms with Gasteiger partial charge in [0.25, 0.3) is 0 Å². The van der Waals surface area contributed by atoms with Crippen LogP contribution in [0.1, 0.15) is 45.6 Å². The van der Waals surface area contributed by atoms with Gasteiger partial charge in [-0.3, -0.25) is 4.79 Å². The molecule has 0 aliphatic heterocycles. The molecule has 0 radical (unpaired) electrons. The maximum Gasteiger partial charge on any atom is 0.157 e. The molecular formula is C23H31NO. The smallest absolute Gasteiger partial charge is 0.157 e. The van der Waals surface area contributed by atoms with Crippen molar-refractivity contribution in [1.29, 1.82) is 0 Å². The van der Waals surface area contributed by atoms with Crippen LogP contribution in [0.2, 0.25) is 0 Å². The summed E-state index contributed by atoms with van der Waals surface area (Å²) >= 11 is 0. The molecule has 0 amide bonds. The number of benzene rings is 1. The Morgan fingerprint density at radius 3 is 2.44 bits per heavy atom. The van der Waals surface area contributed by atoms with Crippen molar-refractivity contribution in [2.24, 2.45) is 11.8 Å². The van der Waals surface area contributed by atoms with Gasteiger partial charge in [-0.1, -0.05) is 75.9 Å². The zero-order chi connectivity index (χ0) is 18.2. The number of nitrogens with one attached hydrogen (secondary N) is 1. The van der Waals surface area contributed by atoms with Crippen LogP contribution >= 0.6 is 0 Å². The van der Waals surface area contributed by atoms with Gasteiger partial charge in [0, 0.05) is 11.6 Å². The van der Waals surface area contributed by atoms with E-state index < -0.39 is 0 Å². The second-order valence-corrected chi connectivity index (χ2v) is 7.33. The number of carbonyl (C=O) groups excluding carboxylic acids is 1. The summed E-state index contributed by atoms with van der Waals surface area (Å²) in [6, 6.07) is 10.2. The van der Waals surface area contributed by atoms with Crippen molar-refractivity contribution in [3.8, 4) is 0 Å². The third kappa shape index (κ3) is 6.04. The molecule has 1 aromatic rings. The Balaban J connectivity index is 2.01. The lowest BCUT2D eigenvalue weighted by molar-refractivity contribution is -0.123. The fourth-order valence-electron chi connectivity index (χ4n) is 3.14. The van der Waals surface area contributed by atoms with E-state index in [1.54, 1.807) is 0 Å². The highest BCUT2D eigenvalue weighted by atomic mass is 16.1. The van der Waals surface area contributed by atoms with Crippen LogP contribution in [0.3, 0.4) is 0 Å². The zero-order valence-corrected chi connectivity index (χ0v) is 15.8. The predicted molar refractivity (Wildman–Crippen MR) is 106 cm³/mol. The number of hydrogen-bond acceptors (Lipinski definition) is 2. The minimum atomic E-state index is -0.195. The first-order chi connectivity index (χ1) is 12.0. The second-order valence-electron chi connectivity index (χ2n) is 7.33. The standard InChI is InChI=1S/C23H31NO/c1-17(2)23(25)22(16-21-13-9-6-10-14-21)24-19(4)18(3)15-20-11-7-5-8-12-20/h5,7-9,11-14,17-18,22,24H,4,6,10,15-16H2,1-3H3. The average Bonchev–Trinajstić information content (AvgIpc) is 2.62. The van der Waals surface area contributed by atoms with Gasteiger partial charge >= 0.3 is 0 Å². The van der Waals surface area contributed by atoms with Gasteiger partial charge in [-0.25, -0.2) is 0 Å². The number of ketones is 1. The lowest BCUT2D eigenvalue weighted by Gasteiger charge is -2.26. The van der Waals surface area contributed by atoms with E-state index in [1.807, 2.05) is 19.9 Å². The molecule has 1 aliphatic rings. The zero-order valence-electron chi connectivity index (χ0n) is 15.8. The third-order valence-electron chi connectivity index (χ3n) is 4.76. The Hall–Kier alpha value is -2.09. The molecule has 0 saturated carbocycles. The summed E-state index contributed by atoms with van der Waals surface area (Å²) in [7, 11) is 0. The Labute approximate surface area is 152 Å². The number of hydrogen-bond donors (Lipinski definition) is 1. The number of allylic oxidation sites excluding steroid dienone is 4. The largest absolute Gasteiger partial charge is 0.379 e. The molecule has 0 saturated heterocycles. The fraction of sp³-hybridized carbons (Fsp3) is 0.435. The molecule has 0 bridgehead atoms. The van der Waals surface area contributed by atoms with Crippen LogP contribution in [-0.4, -0.2) is 11.8 Å². The summed E-state index contributed by atoms with van der Waals surface area (Å²) in [4.78, 5) is 12.7. The first kappa shape index (κ1) is 19.2. The molecule has 2 unspecified atom stereocenters. The minimum Gasteiger partial charge on any atom is -0.379 e. The van der Waals surface area contributed by atoms with Crippen molar-refractivity contribution in [3.05, 3.63) is 72.0 Å². The lowest BCUT2D eigenvalue weighted by Crippen LogP contribution is -2.40. The number of rotatable bonds is 9. The number of carbonyl (C=O) groups is 1. The van der Waals surface area contributed by atoms with E-state index in [0.29, 0.717) is 0 Å². The molecular weight excluding hydrogens is 306 g/mol. The highest BCUT2D eigenvalue weighted by molar-refractivity contribution is 5.86. The molecule has 1 aromatic carbocycles. The molecule has 0 aromatic heterocycles. The third-order valence-corrected chi connectivity index (χ3v) is 4.76. The van der Waals surface area contributed by atoms with Crippen LogP contribution in [-0.2, 0) is 11.2 Å². The maximum atomic E-state index is 12.7. The average molecular weight is 338 g/mol. The van der Waals surface area contributed by atoms with E-state index in [1.165, 1.54) is 11.1 Å². The van der Waals surface area contributed by atoms with Crippen molar-refractivity contribution in [1.82, 2.24) is 5.32 Å².